The van der Waals surface area contributed by atoms with Crippen LogP contribution in [0.4, 0.5) is 5.69 Å². The molecule has 1 aromatic carbocycles. The number of rotatable bonds is 5. The summed E-state index contributed by atoms with van der Waals surface area (Å²) in [6, 6.07) is 2.50. The first-order valence-corrected chi connectivity index (χ1v) is 5.50. The van der Waals surface area contributed by atoms with Crippen LogP contribution in [-0.4, -0.2) is 34.1 Å². The maximum absolute atomic E-state index is 11.6. The first-order valence-electron chi connectivity index (χ1n) is 5.12. The Morgan fingerprint density at radius 2 is 1.95 bits per heavy atom. The molecule has 1 atom stereocenters. The minimum atomic E-state index is -1.25. The van der Waals surface area contributed by atoms with Crippen LogP contribution in [0.1, 0.15) is 16.8 Å². The highest BCUT2D eigenvalue weighted by Crippen LogP contribution is 2.23. The van der Waals surface area contributed by atoms with Gasteiger partial charge in [0, 0.05) is 0 Å². The second-order valence-corrected chi connectivity index (χ2v) is 4.10. The average molecular weight is 287 g/mol. The van der Waals surface area contributed by atoms with Crippen molar-refractivity contribution in [2.75, 3.05) is 5.32 Å². The van der Waals surface area contributed by atoms with E-state index in [9.17, 15) is 14.4 Å². The van der Waals surface area contributed by atoms with E-state index in [1.807, 2.05) is 0 Å². The molecule has 1 amide bonds. The van der Waals surface area contributed by atoms with Crippen molar-refractivity contribution < 1.29 is 24.6 Å². The highest BCUT2D eigenvalue weighted by atomic mass is 35.5. The molecule has 7 nitrogen and oxygen atoms in total. The summed E-state index contributed by atoms with van der Waals surface area (Å²) in [6.45, 7) is 0. The Balaban J connectivity index is 2.86. The lowest BCUT2D eigenvalue weighted by molar-refractivity contribution is -0.138. The third kappa shape index (κ3) is 4.23. The topological polar surface area (TPSA) is 130 Å². The maximum atomic E-state index is 11.6. The summed E-state index contributed by atoms with van der Waals surface area (Å²) in [5, 5.41) is 19.7. The fourth-order valence-corrected chi connectivity index (χ4v) is 1.43. The van der Waals surface area contributed by atoms with Crippen molar-refractivity contribution in [1.82, 2.24) is 0 Å². The molecule has 5 N–H and O–H groups in total. The van der Waals surface area contributed by atoms with Crippen LogP contribution in [0, 0.1) is 0 Å². The van der Waals surface area contributed by atoms with Gasteiger partial charge in [-0.15, -0.1) is 0 Å². The molecule has 19 heavy (non-hydrogen) atoms. The Morgan fingerprint density at radius 1 is 1.32 bits per heavy atom. The second kappa shape index (κ2) is 6.17. The predicted octanol–water partition coefficient (Wildman–Crippen LogP) is 0.779. The Morgan fingerprint density at radius 3 is 2.47 bits per heavy atom. The standard InChI is InChI=1S/C11H11ClN2O5/c12-6-2-1-5(11(18)19)3-8(6)14-10(17)7(13)4-9(15)16/h1-3,7H,4,13H2,(H,14,17)(H,15,16)(H,18,19). The van der Waals surface area contributed by atoms with Gasteiger partial charge in [-0.25, -0.2) is 4.79 Å². The van der Waals surface area contributed by atoms with E-state index in [-0.39, 0.29) is 16.3 Å². The van der Waals surface area contributed by atoms with Gasteiger partial charge in [-0.3, -0.25) is 9.59 Å². The highest BCUT2D eigenvalue weighted by Gasteiger charge is 2.18. The minimum Gasteiger partial charge on any atom is -0.481 e. The lowest BCUT2D eigenvalue weighted by Gasteiger charge is -2.11. The number of aliphatic carboxylic acids is 1. The molecule has 0 radical (unpaired) electrons. The van der Waals surface area contributed by atoms with Crippen molar-refractivity contribution in [2.45, 2.75) is 12.5 Å². The number of aromatic carboxylic acids is 1. The van der Waals surface area contributed by atoms with Crippen LogP contribution >= 0.6 is 11.6 Å². The maximum Gasteiger partial charge on any atom is 0.335 e. The number of amides is 1. The molecule has 0 saturated carbocycles. The number of nitrogens with one attached hydrogen (secondary N) is 1. The molecule has 102 valence electrons. The van der Waals surface area contributed by atoms with Crippen molar-refractivity contribution in [3.8, 4) is 0 Å². The van der Waals surface area contributed by atoms with Gasteiger partial charge in [-0.1, -0.05) is 11.6 Å². The van der Waals surface area contributed by atoms with Gasteiger partial charge in [0.15, 0.2) is 0 Å². The summed E-state index contributed by atoms with van der Waals surface area (Å²) in [6.07, 6.45) is -0.540. The molecule has 0 spiro atoms. The van der Waals surface area contributed by atoms with Crippen LogP contribution in [-0.2, 0) is 9.59 Å². The quantitative estimate of drug-likeness (QED) is 0.633. The van der Waals surface area contributed by atoms with Crippen molar-refractivity contribution in [1.29, 1.82) is 0 Å². The van der Waals surface area contributed by atoms with Gasteiger partial charge in [-0.05, 0) is 18.2 Å². The number of anilines is 1. The van der Waals surface area contributed by atoms with Crippen LogP contribution < -0.4 is 11.1 Å². The normalized spacial score (nSPS) is 11.7. The molecule has 0 fully saturated rings. The van der Waals surface area contributed by atoms with Crippen molar-refractivity contribution in [3.63, 3.8) is 0 Å². The fourth-order valence-electron chi connectivity index (χ4n) is 1.26. The second-order valence-electron chi connectivity index (χ2n) is 3.69. The van der Waals surface area contributed by atoms with E-state index in [1.54, 1.807) is 0 Å². The van der Waals surface area contributed by atoms with Gasteiger partial charge >= 0.3 is 11.9 Å². The monoisotopic (exact) mass is 286 g/mol. The predicted molar refractivity (Wildman–Crippen MR) is 67.3 cm³/mol. The Kier molecular flexibility index (Phi) is 4.85. The Bertz CT molecular complexity index is 532. The van der Waals surface area contributed by atoms with Gasteiger partial charge in [0.1, 0.15) is 0 Å². The molecule has 1 rings (SSSR count). The highest BCUT2D eigenvalue weighted by molar-refractivity contribution is 6.34. The third-order valence-electron chi connectivity index (χ3n) is 2.20. The minimum absolute atomic E-state index is 0.0624. The van der Waals surface area contributed by atoms with Gasteiger partial charge in [0.25, 0.3) is 0 Å². The summed E-state index contributed by atoms with van der Waals surface area (Å²) in [5.41, 5.74) is 5.36. The van der Waals surface area contributed by atoms with Crippen LogP contribution in [0.25, 0.3) is 0 Å². The van der Waals surface area contributed by atoms with Crippen LogP contribution in [0.2, 0.25) is 5.02 Å². The van der Waals surface area contributed by atoms with Gasteiger partial charge in [0.05, 0.1) is 28.7 Å². The molecular weight excluding hydrogens is 276 g/mol. The number of nitrogens with two attached hydrogens (primary N) is 1. The molecule has 0 bridgehead atoms. The first-order chi connectivity index (χ1) is 8.81. The lowest BCUT2D eigenvalue weighted by Crippen LogP contribution is -2.37. The summed E-state index contributed by atoms with van der Waals surface area (Å²) >= 11 is 5.79. The number of carbonyl (C=O) groups is 3. The molecule has 0 aromatic heterocycles. The number of carboxylic acids is 2. The molecule has 1 unspecified atom stereocenters. The number of carbonyl (C=O) groups excluding carboxylic acids is 1. The zero-order valence-corrected chi connectivity index (χ0v) is 10.3. The van der Waals surface area contributed by atoms with Crippen molar-refractivity contribution in [2.24, 2.45) is 5.73 Å². The summed E-state index contributed by atoms with van der Waals surface area (Å²) in [4.78, 5) is 32.8. The van der Waals surface area contributed by atoms with Crippen LogP contribution in [0.15, 0.2) is 18.2 Å². The van der Waals surface area contributed by atoms with Crippen LogP contribution in [0.3, 0.4) is 0 Å². The molecule has 0 aliphatic heterocycles. The fraction of sp³-hybridized carbons (Fsp3) is 0.182. The third-order valence-corrected chi connectivity index (χ3v) is 2.53. The molecule has 0 aliphatic carbocycles. The smallest absolute Gasteiger partial charge is 0.335 e. The number of hydrogen-bond donors (Lipinski definition) is 4. The molecule has 1 aromatic rings. The SMILES string of the molecule is NC(CC(=O)O)C(=O)Nc1cc(C(=O)O)ccc1Cl. The van der Waals surface area contributed by atoms with Crippen molar-refractivity contribution in [3.05, 3.63) is 28.8 Å². The van der Waals surface area contributed by atoms with Crippen LogP contribution in [0.5, 0.6) is 0 Å². The first kappa shape index (κ1) is 14.9. The van der Waals surface area contributed by atoms with Crippen molar-refractivity contribution >= 4 is 35.1 Å². The van der Waals surface area contributed by atoms with E-state index in [2.05, 4.69) is 5.32 Å². The summed E-state index contributed by atoms with van der Waals surface area (Å²) in [5.74, 6) is -3.15. The van der Waals surface area contributed by atoms with E-state index in [4.69, 9.17) is 27.5 Å². The zero-order valence-electron chi connectivity index (χ0n) is 9.59. The molecule has 0 aliphatic rings. The number of carboxylic acid groups (broad SMARTS) is 2. The van der Waals surface area contributed by atoms with Gasteiger partial charge < -0.3 is 21.3 Å². The summed E-state index contributed by atoms with van der Waals surface area (Å²) in [7, 11) is 0. The lowest BCUT2D eigenvalue weighted by atomic mass is 10.1. The largest absolute Gasteiger partial charge is 0.481 e. The van der Waals surface area contributed by atoms with E-state index in [0.717, 1.165) is 6.07 Å². The van der Waals surface area contributed by atoms with E-state index < -0.39 is 30.3 Å². The Hall–Kier alpha value is -2.12. The Labute approximate surface area is 113 Å². The van der Waals surface area contributed by atoms with E-state index >= 15 is 0 Å². The molecule has 0 heterocycles. The molecule has 0 saturated heterocycles. The number of benzene rings is 1. The molecule has 8 heteroatoms. The van der Waals surface area contributed by atoms with E-state index in [0.29, 0.717) is 0 Å². The van der Waals surface area contributed by atoms with E-state index in [1.165, 1.54) is 12.1 Å². The number of halogens is 1. The zero-order chi connectivity index (χ0) is 14.6. The summed E-state index contributed by atoms with van der Waals surface area (Å²) < 4.78 is 0. The van der Waals surface area contributed by atoms with Gasteiger partial charge in [-0.2, -0.15) is 0 Å². The average Bonchev–Trinajstić information content (AvgIpc) is 2.30. The van der Waals surface area contributed by atoms with Gasteiger partial charge in [0.2, 0.25) is 5.91 Å². The number of hydrogen-bond acceptors (Lipinski definition) is 4. The molecular formula is C11H11ClN2O5.